The van der Waals surface area contributed by atoms with Crippen LogP contribution in [0.3, 0.4) is 0 Å². The molecule has 1 aromatic carbocycles. The zero-order chi connectivity index (χ0) is 18.8. The van der Waals surface area contributed by atoms with Gasteiger partial charge in [0.05, 0.1) is 10.5 Å². The predicted molar refractivity (Wildman–Crippen MR) is 99.5 cm³/mol. The SMILES string of the molecule is Cl.O=S(=O)(c1cccc(C(F)(F)F)c1)N1CCN(CC2CCNCC2)CC1. The van der Waals surface area contributed by atoms with E-state index in [2.05, 4.69) is 10.2 Å². The Kier molecular flexibility index (Phi) is 7.54. The minimum Gasteiger partial charge on any atom is -0.317 e. The Morgan fingerprint density at radius 1 is 1.07 bits per heavy atom. The van der Waals surface area contributed by atoms with Crippen molar-refractivity contribution in [2.45, 2.75) is 23.9 Å². The number of hydrogen-bond donors (Lipinski definition) is 1. The lowest BCUT2D eigenvalue weighted by molar-refractivity contribution is -0.137. The average Bonchev–Trinajstić information content (AvgIpc) is 2.62. The molecule has 3 rings (SSSR count). The van der Waals surface area contributed by atoms with Gasteiger partial charge in [0.2, 0.25) is 10.0 Å². The van der Waals surface area contributed by atoms with Crippen molar-refractivity contribution in [1.29, 1.82) is 0 Å². The van der Waals surface area contributed by atoms with Crippen LogP contribution in [0, 0.1) is 5.92 Å². The van der Waals surface area contributed by atoms with Crippen molar-refractivity contribution in [3.05, 3.63) is 29.8 Å². The summed E-state index contributed by atoms with van der Waals surface area (Å²) in [4.78, 5) is 1.97. The van der Waals surface area contributed by atoms with Crippen molar-refractivity contribution in [2.75, 3.05) is 45.8 Å². The van der Waals surface area contributed by atoms with E-state index in [9.17, 15) is 21.6 Å². The fraction of sp³-hybridized carbons (Fsp3) is 0.647. The summed E-state index contributed by atoms with van der Waals surface area (Å²) in [5, 5.41) is 3.33. The number of alkyl halides is 3. The molecule has 0 spiro atoms. The highest BCUT2D eigenvalue weighted by Crippen LogP contribution is 2.31. The van der Waals surface area contributed by atoms with Gasteiger partial charge in [-0.3, -0.25) is 0 Å². The molecule has 0 aromatic heterocycles. The van der Waals surface area contributed by atoms with E-state index < -0.39 is 21.8 Å². The van der Waals surface area contributed by atoms with Crippen LogP contribution in [0.2, 0.25) is 0 Å². The summed E-state index contributed by atoms with van der Waals surface area (Å²) < 4.78 is 65.2. The van der Waals surface area contributed by atoms with Crippen molar-refractivity contribution in [1.82, 2.24) is 14.5 Å². The molecule has 0 unspecified atom stereocenters. The molecule has 2 aliphatic rings. The van der Waals surface area contributed by atoms with Crippen molar-refractivity contribution < 1.29 is 21.6 Å². The fourth-order valence-electron chi connectivity index (χ4n) is 3.56. The molecule has 5 nitrogen and oxygen atoms in total. The zero-order valence-corrected chi connectivity index (χ0v) is 16.5. The Labute approximate surface area is 164 Å². The molecule has 2 saturated heterocycles. The maximum Gasteiger partial charge on any atom is 0.416 e. The second-order valence-corrected chi connectivity index (χ2v) is 8.86. The van der Waals surface area contributed by atoms with Gasteiger partial charge in [0, 0.05) is 32.7 Å². The van der Waals surface area contributed by atoms with Gasteiger partial charge in [-0.15, -0.1) is 12.4 Å². The highest BCUT2D eigenvalue weighted by atomic mass is 35.5. The van der Waals surface area contributed by atoms with Gasteiger partial charge in [-0.05, 0) is 50.0 Å². The van der Waals surface area contributed by atoms with Gasteiger partial charge in [-0.1, -0.05) is 6.07 Å². The third-order valence-electron chi connectivity index (χ3n) is 5.11. The molecule has 0 amide bonds. The van der Waals surface area contributed by atoms with Crippen molar-refractivity contribution in [3.8, 4) is 0 Å². The molecule has 0 aliphatic carbocycles. The molecule has 0 atom stereocenters. The van der Waals surface area contributed by atoms with Crippen LogP contribution in [-0.2, 0) is 16.2 Å². The molecule has 0 radical (unpaired) electrons. The zero-order valence-electron chi connectivity index (χ0n) is 14.9. The molecule has 1 aromatic rings. The lowest BCUT2D eigenvalue weighted by Crippen LogP contribution is -2.50. The molecule has 27 heavy (non-hydrogen) atoms. The molecule has 2 aliphatic heterocycles. The Morgan fingerprint density at radius 2 is 1.70 bits per heavy atom. The number of piperazine rings is 1. The van der Waals surface area contributed by atoms with Crippen LogP contribution in [0.25, 0.3) is 0 Å². The van der Waals surface area contributed by atoms with Gasteiger partial charge in [0.1, 0.15) is 0 Å². The van der Waals surface area contributed by atoms with E-state index in [0.29, 0.717) is 32.1 Å². The number of sulfonamides is 1. The van der Waals surface area contributed by atoms with Crippen LogP contribution in [0.4, 0.5) is 13.2 Å². The van der Waals surface area contributed by atoms with Crippen LogP contribution in [0.15, 0.2) is 29.2 Å². The van der Waals surface area contributed by atoms with Crippen LogP contribution in [0.5, 0.6) is 0 Å². The van der Waals surface area contributed by atoms with Crippen LogP contribution >= 0.6 is 12.4 Å². The van der Waals surface area contributed by atoms with Crippen LogP contribution in [-0.4, -0.2) is 63.4 Å². The largest absolute Gasteiger partial charge is 0.416 e. The summed E-state index contributed by atoms with van der Waals surface area (Å²) in [7, 11) is -3.90. The lowest BCUT2D eigenvalue weighted by atomic mass is 9.97. The first-order valence-electron chi connectivity index (χ1n) is 8.87. The first-order chi connectivity index (χ1) is 12.3. The highest BCUT2D eigenvalue weighted by molar-refractivity contribution is 7.89. The highest BCUT2D eigenvalue weighted by Gasteiger charge is 2.34. The fourth-order valence-corrected chi connectivity index (χ4v) is 5.03. The van der Waals surface area contributed by atoms with Gasteiger partial charge >= 0.3 is 6.18 Å². The quantitative estimate of drug-likeness (QED) is 0.802. The van der Waals surface area contributed by atoms with Gasteiger partial charge in [-0.2, -0.15) is 17.5 Å². The van der Waals surface area contributed by atoms with Crippen molar-refractivity contribution in [2.24, 2.45) is 5.92 Å². The minimum atomic E-state index is -4.56. The molecule has 154 valence electrons. The van der Waals surface area contributed by atoms with Gasteiger partial charge in [-0.25, -0.2) is 8.42 Å². The second-order valence-electron chi connectivity index (χ2n) is 6.92. The summed E-state index contributed by atoms with van der Waals surface area (Å²) in [6, 6.07) is 3.97. The smallest absolute Gasteiger partial charge is 0.317 e. The second kappa shape index (κ2) is 9.09. The topological polar surface area (TPSA) is 52.7 Å². The number of rotatable bonds is 4. The third kappa shape index (κ3) is 5.57. The number of hydrogen-bond acceptors (Lipinski definition) is 4. The van der Waals surface area contributed by atoms with E-state index in [1.54, 1.807) is 0 Å². The van der Waals surface area contributed by atoms with Gasteiger partial charge < -0.3 is 10.2 Å². The Hall–Kier alpha value is -0.870. The molecular formula is C17H25ClF3N3O2S. The summed E-state index contributed by atoms with van der Waals surface area (Å²) in [6.07, 6.45) is -2.30. The van der Waals surface area contributed by atoms with E-state index in [1.165, 1.54) is 10.4 Å². The number of nitrogens with zero attached hydrogens (tertiary/aromatic N) is 2. The predicted octanol–water partition coefficient (Wildman–Crippen LogP) is 2.43. The molecule has 0 bridgehead atoms. The molecule has 10 heteroatoms. The number of nitrogens with one attached hydrogen (secondary N) is 1. The van der Waals surface area contributed by atoms with E-state index in [0.717, 1.165) is 50.7 Å². The Morgan fingerprint density at radius 3 is 2.30 bits per heavy atom. The third-order valence-corrected chi connectivity index (χ3v) is 7.00. The normalized spacial score (nSPS) is 21.0. The van der Waals surface area contributed by atoms with Gasteiger partial charge in [0.15, 0.2) is 0 Å². The maximum atomic E-state index is 12.9. The summed E-state index contributed by atoms with van der Waals surface area (Å²) >= 11 is 0. The van der Waals surface area contributed by atoms with Crippen LogP contribution < -0.4 is 5.32 Å². The summed E-state index contributed by atoms with van der Waals surface area (Å²) in [6.45, 7) is 4.85. The van der Waals surface area contributed by atoms with Crippen molar-refractivity contribution in [3.63, 3.8) is 0 Å². The number of halogens is 4. The molecule has 0 saturated carbocycles. The summed E-state index contributed by atoms with van der Waals surface area (Å²) in [5.41, 5.74) is -0.942. The standard InChI is InChI=1S/C17H24F3N3O2S.ClH/c18-17(19,20)15-2-1-3-16(12-15)26(24,25)23-10-8-22(9-11-23)13-14-4-6-21-7-5-14;/h1-3,12,14,21H,4-11,13H2;1H. The average molecular weight is 428 g/mol. The number of piperidine rings is 1. The van der Waals surface area contributed by atoms with Crippen molar-refractivity contribution >= 4 is 22.4 Å². The molecule has 2 heterocycles. The van der Waals surface area contributed by atoms with E-state index >= 15 is 0 Å². The van der Waals surface area contributed by atoms with E-state index in [4.69, 9.17) is 0 Å². The Balaban J connectivity index is 0.00000261. The molecule has 2 fully saturated rings. The minimum absolute atomic E-state index is 0. The molecular weight excluding hydrogens is 403 g/mol. The number of benzene rings is 1. The maximum absolute atomic E-state index is 12.9. The van der Waals surface area contributed by atoms with E-state index in [1.807, 2.05) is 0 Å². The Bertz CT molecular complexity index is 716. The van der Waals surface area contributed by atoms with Gasteiger partial charge in [0.25, 0.3) is 0 Å². The molecule has 1 N–H and O–H groups in total. The first kappa shape index (κ1) is 22.4. The lowest BCUT2D eigenvalue weighted by Gasteiger charge is -2.36. The van der Waals surface area contributed by atoms with Crippen LogP contribution in [0.1, 0.15) is 18.4 Å². The first-order valence-corrected chi connectivity index (χ1v) is 10.3. The monoisotopic (exact) mass is 427 g/mol. The van der Waals surface area contributed by atoms with E-state index in [-0.39, 0.29) is 17.3 Å². The summed E-state index contributed by atoms with van der Waals surface area (Å²) in [5.74, 6) is 0.628.